The number of anilines is 1. The second-order valence-electron chi connectivity index (χ2n) is 4.32. The highest BCUT2D eigenvalue weighted by Crippen LogP contribution is 2.29. The number of hydrogen-bond acceptors (Lipinski definition) is 5. The molecule has 0 aliphatic heterocycles. The number of hydrogen-bond donors (Lipinski definition) is 3. The normalized spacial score (nSPS) is 12.2. The molecular weight excluding hydrogens is 408 g/mol. The zero-order valence-electron chi connectivity index (χ0n) is 10.9. The lowest BCUT2D eigenvalue weighted by Gasteiger charge is -2.15. The first kappa shape index (κ1) is 16.0. The highest BCUT2D eigenvalue weighted by Gasteiger charge is 2.25. The highest BCUT2D eigenvalue weighted by atomic mass is 79.9. The largest absolute Gasteiger partial charge is 0.479 e. The zero-order valence-corrected chi connectivity index (χ0v) is 14.1. The number of nitrogens with zero attached hydrogens (tertiary/aromatic N) is 1. The first-order valence-corrected chi connectivity index (χ1v) is 7.51. The maximum atomic E-state index is 11.4. The van der Waals surface area contributed by atoms with Crippen molar-refractivity contribution in [3.05, 3.63) is 44.4 Å². The molecular formula is C13H12Br2N2O4. The molecule has 0 radical (unpaired) electrons. The van der Waals surface area contributed by atoms with Crippen LogP contribution in [0.25, 0.3) is 0 Å². The van der Waals surface area contributed by atoms with Gasteiger partial charge in [0.05, 0.1) is 23.0 Å². The maximum Gasteiger partial charge on any atom is 0.334 e. The second kappa shape index (κ2) is 6.59. The zero-order chi connectivity index (χ0) is 15.6. The molecule has 3 N–H and O–H groups in total. The predicted molar refractivity (Wildman–Crippen MR) is 83.0 cm³/mol. The molecule has 0 amide bonds. The average molecular weight is 420 g/mol. The monoisotopic (exact) mass is 418 g/mol. The molecule has 21 heavy (non-hydrogen) atoms. The number of aryl methyl sites for hydroxylation is 1. The van der Waals surface area contributed by atoms with Gasteiger partial charge in [0.15, 0.2) is 6.04 Å². The number of aromatic nitrogens is 1. The van der Waals surface area contributed by atoms with E-state index in [-0.39, 0.29) is 12.4 Å². The van der Waals surface area contributed by atoms with Crippen molar-refractivity contribution >= 4 is 43.6 Å². The van der Waals surface area contributed by atoms with Crippen LogP contribution in [-0.2, 0) is 11.4 Å². The molecule has 2 aromatic rings. The first-order valence-electron chi connectivity index (χ1n) is 5.92. The molecule has 112 valence electrons. The van der Waals surface area contributed by atoms with Crippen LogP contribution in [0.5, 0.6) is 0 Å². The van der Waals surface area contributed by atoms with E-state index >= 15 is 0 Å². The average Bonchev–Trinajstić information content (AvgIpc) is 2.89. The summed E-state index contributed by atoms with van der Waals surface area (Å²) in [4.78, 5) is 15.7. The van der Waals surface area contributed by atoms with Crippen molar-refractivity contribution in [3.63, 3.8) is 0 Å². The van der Waals surface area contributed by atoms with E-state index in [0.29, 0.717) is 15.9 Å². The summed E-state index contributed by atoms with van der Waals surface area (Å²) >= 11 is 6.68. The third-order valence-electron chi connectivity index (χ3n) is 2.77. The SMILES string of the molecule is Cc1nc(NC(C(=O)O)c2cc(CO)co2)c(Br)cc1Br. The summed E-state index contributed by atoms with van der Waals surface area (Å²) in [5.74, 6) is -0.519. The Hall–Kier alpha value is -1.38. The van der Waals surface area contributed by atoms with Gasteiger partial charge in [-0.1, -0.05) is 0 Å². The van der Waals surface area contributed by atoms with Crippen LogP contribution in [0.15, 0.2) is 31.8 Å². The van der Waals surface area contributed by atoms with E-state index in [9.17, 15) is 9.90 Å². The molecule has 0 aromatic carbocycles. The molecule has 0 aliphatic rings. The molecule has 0 saturated heterocycles. The molecule has 2 rings (SSSR count). The van der Waals surface area contributed by atoms with Gasteiger partial charge < -0.3 is 19.9 Å². The van der Waals surface area contributed by atoms with Crippen LogP contribution in [0.4, 0.5) is 5.82 Å². The Bertz CT molecular complexity index is 672. The van der Waals surface area contributed by atoms with E-state index in [1.807, 2.05) is 0 Å². The molecule has 1 atom stereocenters. The smallest absolute Gasteiger partial charge is 0.334 e. The van der Waals surface area contributed by atoms with Crippen LogP contribution in [0, 0.1) is 6.92 Å². The number of aliphatic hydroxyl groups excluding tert-OH is 1. The van der Waals surface area contributed by atoms with Gasteiger partial charge in [-0.25, -0.2) is 9.78 Å². The van der Waals surface area contributed by atoms with Gasteiger partial charge in [-0.05, 0) is 50.9 Å². The Morgan fingerprint density at radius 1 is 1.43 bits per heavy atom. The van der Waals surface area contributed by atoms with Crippen LogP contribution in [0.3, 0.4) is 0 Å². The van der Waals surface area contributed by atoms with Gasteiger partial charge in [0.1, 0.15) is 11.6 Å². The van der Waals surface area contributed by atoms with E-state index in [2.05, 4.69) is 42.2 Å². The molecule has 0 aliphatic carbocycles. The van der Waals surface area contributed by atoms with Crippen LogP contribution in [0.1, 0.15) is 23.1 Å². The summed E-state index contributed by atoms with van der Waals surface area (Å²) in [5, 5.41) is 21.2. The number of rotatable bonds is 5. The van der Waals surface area contributed by atoms with Crippen molar-refractivity contribution < 1.29 is 19.4 Å². The topological polar surface area (TPSA) is 95.6 Å². The second-order valence-corrected chi connectivity index (χ2v) is 6.03. The molecule has 0 saturated carbocycles. The fourth-order valence-electron chi connectivity index (χ4n) is 1.68. The summed E-state index contributed by atoms with van der Waals surface area (Å²) in [5.41, 5.74) is 1.23. The van der Waals surface area contributed by atoms with Crippen molar-refractivity contribution in [1.29, 1.82) is 0 Å². The quantitative estimate of drug-likeness (QED) is 0.688. The fraction of sp³-hybridized carbons (Fsp3) is 0.231. The Morgan fingerprint density at radius 3 is 2.71 bits per heavy atom. The van der Waals surface area contributed by atoms with Gasteiger partial charge >= 0.3 is 5.97 Å². The minimum atomic E-state index is -1.11. The first-order chi connectivity index (χ1) is 9.92. The standard InChI is InChI=1S/C13H12Br2N2O4/c1-6-8(14)3-9(15)12(16-6)17-11(13(19)20)10-2-7(4-18)5-21-10/h2-3,5,11,18H,4H2,1H3,(H,16,17)(H,19,20). The van der Waals surface area contributed by atoms with Crippen molar-refractivity contribution in [3.8, 4) is 0 Å². The van der Waals surface area contributed by atoms with E-state index < -0.39 is 12.0 Å². The van der Waals surface area contributed by atoms with Crippen molar-refractivity contribution in [2.75, 3.05) is 5.32 Å². The van der Waals surface area contributed by atoms with E-state index in [1.165, 1.54) is 12.3 Å². The Kier molecular flexibility index (Phi) is 5.02. The van der Waals surface area contributed by atoms with Gasteiger partial charge in [-0.2, -0.15) is 0 Å². The predicted octanol–water partition coefficient (Wildman–Crippen LogP) is 3.24. The van der Waals surface area contributed by atoms with Gasteiger partial charge in [-0.3, -0.25) is 0 Å². The molecule has 2 aromatic heterocycles. The van der Waals surface area contributed by atoms with Crippen molar-refractivity contribution in [2.45, 2.75) is 19.6 Å². The van der Waals surface area contributed by atoms with Gasteiger partial charge in [0.25, 0.3) is 0 Å². The minimum absolute atomic E-state index is 0.195. The molecule has 6 nitrogen and oxygen atoms in total. The van der Waals surface area contributed by atoms with Gasteiger partial charge in [0.2, 0.25) is 0 Å². The van der Waals surface area contributed by atoms with Crippen LogP contribution in [0.2, 0.25) is 0 Å². The van der Waals surface area contributed by atoms with E-state index in [0.717, 1.165) is 10.2 Å². The third-order valence-corrected chi connectivity index (χ3v) is 4.18. The Morgan fingerprint density at radius 2 is 2.14 bits per heavy atom. The number of carboxylic acids is 1. The van der Waals surface area contributed by atoms with Crippen LogP contribution >= 0.6 is 31.9 Å². The molecule has 8 heteroatoms. The number of halogens is 2. The summed E-state index contributed by atoms with van der Waals surface area (Å²) in [6.07, 6.45) is 1.32. The molecule has 2 heterocycles. The summed E-state index contributed by atoms with van der Waals surface area (Å²) in [7, 11) is 0. The van der Waals surface area contributed by atoms with Gasteiger partial charge in [0, 0.05) is 10.0 Å². The Balaban J connectivity index is 2.33. The van der Waals surface area contributed by atoms with E-state index in [4.69, 9.17) is 9.52 Å². The summed E-state index contributed by atoms with van der Waals surface area (Å²) < 4.78 is 6.63. The van der Waals surface area contributed by atoms with Crippen LogP contribution < -0.4 is 5.32 Å². The lowest BCUT2D eigenvalue weighted by molar-refractivity contribution is -0.138. The lowest BCUT2D eigenvalue weighted by atomic mass is 10.2. The number of carboxylic acid groups (broad SMARTS) is 1. The molecule has 0 spiro atoms. The lowest BCUT2D eigenvalue weighted by Crippen LogP contribution is -2.21. The number of aliphatic hydroxyl groups is 1. The van der Waals surface area contributed by atoms with Crippen LogP contribution in [-0.4, -0.2) is 21.2 Å². The summed E-state index contributed by atoms with van der Waals surface area (Å²) in [6.45, 7) is 1.59. The number of nitrogens with one attached hydrogen (secondary N) is 1. The Labute approximate surface area is 137 Å². The highest BCUT2D eigenvalue weighted by molar-refractivity contribution is 9.11. The fourth-order valence-corrected chi connectivity index (χ4v) is 2.74. The third kappa shape index (κ3) is 3.63. The number of aliphatic carboxylic acids is 1. The summed E-state index contributed by atoms with van der Waals surface area (Å²) in [6, 6.07) is 2.17. The molecule has 1 unspecified atom stereocenters. The number of pyridine rings is 1. The van der Waals surface area contributed by atoms with E-state index in [1.54, 1.807) is 13.0 Å². The van der Waals surface area contributed by atoms with Crippen molar-refractivity contribution in [2.24, 2.45) is 0 Å². The molecule has 0 fully saturated rings. The number of carbonyl (C=O) groups is 1. The van der Waals surface area contributed by atoms with Gasteiger partial charge in [-0.15, -0.1) is 0 Å². The molecule has 0 bridgehead atoms. The minimum Gasteiger partial charge on any atom is -0.479 e. The van der Waals surface area contributed by atoms with Crippen molar-refractivity contribution in [1.82, 2.24) is 4.98 Å². The maximum absolute atomic E-state index is 11.4. The number of furan rings is 1.